The van der Waals surface area contributed by atoms with Gasteiger partial charge in [-0.1, -0.05) is 12.1 Å². The molecule has 0 bridgehead atoms. The monoisotopic (exact) mass is 306 g/mol. The van der Waals surface area contributed by atoms with Crippen LogP contribution in [-0.2, 0) is 11.3 Å². The Labute approximate surface area is 132 Å². The van der Waals surface area contributed by atoms with Gasteiger partial charge >= 0.3 is 6.09 Å². The van der Waals surface area contributed by atoms with E-state index in [2.05, 4.69) is 10.2 Å². The minimum Gasteiger partial charge on any atom is -0.508 e. The quantitative estimate of drug-likeness (QED) is 0.901. The smallest absolute Gasteiger partial charge is 0.407 e. The molecule has 0 aromatic heterocycles. The molecular weight excluding hydrogens is 280 g/mol. The first-order valence-corrected chi connectivity index (χ1v) is 7.73. The highest BCUT2D eigenvalue weighted by molar-refractivity contribution is 5.68. The van der Waals surface area contributed by atoms with Gasteiger partial charge in [0.05, 0.1) is 0 Å². The molecule has 0 saturated carbocycles. The molecule has 5 heteroatoms. The van der Waals surface area contributed by atoms with Crippen LogP contribution in [0.1, 0.15) is 38.3 Å². The highest BCUT2D eigenvalue weighted by Crippen LogP contribution is 2.20. The molecule has 0 aliphatic carbocycles. The average molecular weight is 306 g/mol. The van der Waals surface area contributed by atoms with Gasteiger partial charge in [-0.05, 0) is 51.3 Å². The fraction of sp³-hybridized carbons (Fsp3) is 0.588. The molecule has 1 saturated heterocycles. The fourth-order valence-corrected chi connectivity index (χ4v) is 2.64. The second-order valence-electron chi connectivity index (χ2n) is 6.99. The highest BCUT2D eigenvalue weighted by Gasteiger charge is 2.26. The van der Waals surface area contributed by atoms with Gasteiger partial charge in [-0.2, -0.15) is 0 Å². The van der Waals surface area contributed by atoms with E-state index in [0.717, 1.165) is 31.6 Å². The molecule has 2 N–H and O–H groups in total. The fourth-order valence-electron chi connectivity index (χ4n) is 2.64. The molecule has 1 aliphatic heterocycles. The van der Waals surface area contributed by atoms with Gasteiger partial charge in [0.15, 0.2) is 0 Å². The van der Waals surface area contributed by atoms with Gasteiger partial charge in [0.25, 0.3) is 0 Å². The number of hydrogen-bond donors (Lipinski definition) is 2. The SMILES string of the molecule is Cc1cc(CN2CC[C@@H](NC(=O)OC(C)(C)C)C2)ccc1O. The molecule has 1 atom stereocenters. The first-order valence-electron chi connectivity index (χ1n) is 7.73. The molecule has 1 fully saturated rings. The number of alkyl carbamates (subject to hydrolysis) is 1. The number of nitrogens with zero attached hydrogens (tertiary/aromatic N) is 1. The van der Waals surface area contributed by atoms with E-state index in [-0.39, 0.29) is 12.1 Å². The average Bonchev–Trinajstić information content (AvgIpc) is 2.78. The molecule has 122 valence electrons. The summed E-state index contributed by atoms with van der Waals surface area (Å²) in [5.74, 6) is 0.328. The predicted molar refractivity (Wildman–Crippen MR) is 85.9 cm³/mol. The maximum absolute atomic E-state index is 11.8. The van der Waals surface area contributed by atoms with Crippen molar-refractivity contribution in [3.05, 3.63) is 29.3 Å². The second kappa shape index (κ2) is 6.57. The van der Waals surface area contributed by atoms with E-state index >= 15 is 0 Å². The zero-order valence-electron chi connectivity index (χ0n) is 13.8. The topological polar surface area (TPSA) is 61.8 Å². The number of carbonyl (C=O) groups excluding carboxylic acids is 1. The number of benzene rings is 1. The minimum absolute atomic E-state index is 0.132. The highest BCUT2D eigenvalue weighted by atomic mass is 16.6. The molecule has 1 amide bonds. The summed E-state index contributed by atoms with van der Waals surface area (Å²) in [4.78, 5) is 14.1. The third kappa shape index (κ3) is 4.91. The number of phenols is 1. The van der Waals surface area contributed by atoms with Crippen molar-refractivity contribution in [3.63, 3.8) is 0 Å². The van der Waals surface area contributed by atoms with Crippen molar-refractivity contribution < 1.29 is 14.6 Å². The van der Waals surface area contributed by atoms with Crippen LogP contribution < -0.4 is 5.32 Å². The minimum atomic E-state index is -0.466. The normalized spacial score (nSPS) is 19.2. The molecule has 1 aliphatic rings. The van der Waals surface area contributed by atoms with E-state index < -0.39 is 5.60 Å². The van der Waals surface area contributed by atoms with Crippen molar-refractivity contribution in [2.24, 2.45) is 0 Å². The number of aromatic hydroxyl groups is 1. The zero-order valence-corrected chi connectivity index (χ0v) is 13.8. The first-order chi connectivity index (χ1) is 10.2. The van der Waals surface area contributed by atoms with Gasteiger partial charge in [-0.3, -0.25) is 4.90 Å². The standard InChI is InChI=1S/C17H26N2O3/c1-12-9-13(5-6-15(12)20)10-19-8-7-14(11-19)18-16(21)22-17(2,3)4/h5-6,9,14,20H,7-8,10-11H2,1-4H3,(H,18,21)/t14-/m1/s1. The Bertz CT molecular complexity index is 537. The number of phenolic OH excluding ortho intramolecular Hbond substituents is 1. The van der Waals surface area contributed by atoms with Crippen molar-refractivity contribution >= 4 is 6.09 Å². The van der Waals surface area contributed by atoms with Gasteiger partial charge < -0.3 is 15.2 Å². The molecule has 1 heterocycles. The summed E-state index contributed by atoms with van der Waals surface area (Å²) >= 11 is 0. The van der Waals surface area contributed by atoms with Gasteiger partial charge in [0.2, 0.25) is 0 Å². The summed E-state index contributed by atoms with van der Waals surface area (Å²) in [6.45, 7) is 10.1. The van der Waals surface area contributed by atoms with Gasteiger partial charge in [-0.25, -0.2) is 4.79 Å². The summed E-state index contributed by atoms with van der Waals surface area (Å²) in [5.41, 5.74) is 1.60. The molecular formula is C17H26N2O3. The van der Waals surface area contributed by atoms with E-state index in [1.54, 1.807) is 6.07 Å². The predicted octanol–water partition coefficient (Wildman–Crippen LogP) is 2.80. The maximum atomic E-state index is 11.8. The van der Waals surface area contributed by atoms with Crippen molar-refractivity contribution in [2.75, 3.05) is 13.1 Å². The summed E-state index contributed by atoms with van der Waals surface area (Å²) in [6.07, 6.45) is 0.580. The lowest BCUT2D eigenvalue weighted by molar-refractivity contribution is 0.0505. The molecule has 0 spiro atoms. The Kier molecular flexibility index (Phi) is 4.96. The number of carbonyl (C=O) groups is 1. The third-order valence-corrected chi connectivity index (χ3v) is 3.66. The molecule has 22 heavy (non-hydrogen) atoms. The van der Waals surface area contributed by atoms with E-state index in [0.29, 0.717) is 5.75 Å². The lowest BCUT2D eigenvalue weighted by Crippen LogP contribution is -2.40. The second-order valence-corrected chi connectivity index (χ2v) is 6.99. The molecule has 1 aromatic carbocycles. The molecule has 2 rings (SSSR count). The van der Waals surface area contributed by atoms with Crippen LogP contribution in [0.5, 0.6) is 5.75 Å². The first kappa shape index (κ1) is 16.6. The Morgan fingerprint density at radius 2 is 2.18 bits per heavy atom. The largest absolute Gasteiger partial charge is 0.508 e. The molecule has 0 unspecified atom stereocenters. The van der Waals surface area contributed by atoms with Crippen LogP contribution in [0.25, 0.3) is 0 Å². The lowest BCUT2D eigenvalue weighted by Gasteiger charge is -2.22. The van der Waals surface area contributed by atoms with Crippen molar-refractivity contribution in [2.45, 2.75) is 52.3 Å². The van der Waals surface area contributed by atoms with Crippen molar-refractivity contribution in [1.82, 2.24) is 10.2 Å². The Morgan fingerprint density at radius 3 is 2.82 bits per heavy atom. The number of hydrogen-bond acceptors (Lipinski definition) is 4. The summed E-state index contributed by atoms with van der Waals surface area (Å²) in [7, 11) is 0. The van der Waals surface area contributed by atoms with Crippen LogP contribution >= 0.6 is 0 Å². The number of aryl methyl sites for hydroxylation is 1. The summed E-state index contributed by atoms with van der Waals surface area (Å²) in [6, 6.07) is 5.81. The zero-order chi connectivity index (χ0) is 16.3. The number of rotatable bonds is 3. The van der Waals surface area contributed by atoms with Crippen molar-refractivity contribution in [1.29, 1.82) is 0 Å². The third-order valence-electron chi connectivity index (χ3n) is 3.66. The Balaban J connectivity index is 1.82. The number of ether oxygens (including phenoxy) is 1. The Hall–Kier alpha value is -1.75. The maximum Gasteiger partial charge on any atom is 0.407 e. The van der Waals surface area contributed by atoms with E-state index in [9.17, 15) is 9.90 Å². The van der Waals surface area contributed by atoms with E-state index in [1.165, 1.54) is 5.56 Å². The number of nitrogens with one attached hydrogen (secondary N) is 1. The van der Waals surface area contributed by atoms with Gasteiger partial charge in [0, 0.05) is 25.7 Å². The van der Waals surface area contributed by atoms with Gasteiger partial charge in [0.1, 0.15) is 11.4 Å². The molecule has 5 nitrogen and oxygen atoms in total. The molecule has 1 aromatic rings. The Morgan fingerprint density at radius 1 is 1.45 bits per heavy atom. The van der Waals surface area contributed by atoms with Crippen molar-refractivity contribution in [3.8, 4) is 5.75 Å². The van der Waals surface area contributed by atoms with E-state index in [4.69, 9.17) is 4.74 Å². The van der Waals surface area contributed by atoms with Gasteiger partial charge in [-0.15, -0.1) is 0 Å². The van der Waals surface area contributed by atoms with Crippen LogP contribution in [0.3, 0.4) is 0 Å². The number of amides is 1. The summed E-state index contributed by atoms with van der Waals surface area (Å²) in [5, 5.41) is 12.5. The van der Waals surface area contributed by atoms with E-state index in [1.807, 2.05) is 39.8 Å². The van der Waals surface area contributed by atoms with Crippen LogP contribution in [-0.4, -0.2) is 40.8 Å². The number of likely N-dealkylation sites (tertiary alicyclic amines) is 1. The lowest BCUT2D eigenvalue weighted by atomic mass is 10.1. The summed E-state index contributed by atoms with van der Waals surface area (Å²) < 4.78 is 5.29. The van der Waals surface area contributed by atoms with Crippen LogP contribution in [0.15, 0.2) is 18.2 Å². The van der Waals surface area contributed by atoms with Crippen LogP contribution in [0.2, 0.25) is 0 Å². The van der Waals surface area contributed by atoms with Crippen LogP contribution in [0.4, 0.5) is 4.79 Å². The van der Waals surface area contributed by atoms with Crippen LogP contribution in [0, 0.1) is 6.92 Å². The molecule has 0 radical (unpaired) electrons.